The second-order valence-corrected chi connectivity index (χ2v) is 6.81. The third kappa shape index (κ3) is 3.36. The zero-order chi connectivity index (χ0) is 19.7. The van der Waals surface area contributed by atoms with E-state index in [9.17, 15) is 9.59 Å². The van der Waals surface area contributed by atoms with Gasteiger partial charge in [0.1, 0.15) is 0 Å². The standard InChI is InChI=1S/C23H15ClN2O2/c1-15-7-11-18-20(13-15)25-23(28)26(22(18)27)21-12-10-17(14-19(21)24)9-8-16-5-3-2-4-6-16/h2-7,10-14H,1H3,(H,25,28). The summed E-state index contributed by atoms with van der Waals surface area (Å²) in [5.41, 5.74) is 2.42. The second-order valence-electron chi connectivity index (χ2n) is 6.40. The van der Waals surface area contributed by atoms with Crippen molar-refractivity contribution in [3.05, 3.63) is 109 Å². The number of benzene rings is 3. The maximum Gasteiger partial charge on any atom is 0.333 e. The van der Waals surface area contributed by atoms with Gasteiger partial charge in [0.2, 0.25) is 0 Å². The van der Waals surface area contributed by atoms with Gasteiger partial charge in [-0.3, -0.25) is 4.79 Å². The Morgan fingerprint density at radius 2 is 1.64 bits per heavy atom. The predicted octanol–water partition coefficient (Wildman–Crippen LogP) is 4.04. The SMILES string of the molecule is Cc1ccc2c(=O)n(-c3ccc(C#Cc4ccccc4)cc3Cl)c(=O)[nH]c2c1. The van der Waals surface area contributed by atoms with Gasteiger partial charge in [-0.15, -0.1) is 0 Å². The van der Waals surface area contributed by atoms with Crippen LogP contribution in [-0.2, 0) is 0 Å². The molecule has 4 nitrogen and oxygen atoms in total. The molecule has 3 aromatic carbocycles. The lowest BCUT2D eigenvalue weighted by Crippen LogP contribution is -2.33. The van der Waals surface area contributed by atoms with Gasteiger partial charge in [0.25, 0.3) is 5.56 Å². The third-order valence-corrected chi connectivity index (χ3v) is 4.67. The zero-order valence-corrected chi connectivity index (χ0v) is 15.7. The molecule has 0 fully saturated rings. The number of halogens is 1. The number of nitrogens with zero attached hydrogens (tertiary/aromatic N) is 1. The van der Waals surface area contributed by atoms with Gasteiger partial charge in [-0.05, 0) is 55.0 Å². The van der Waals surface area contributed by atoms with E-state index in [2.05, 4.69) is 16.8 Å². The van der Waals surface area contributed by atoms with Crippen LogP contribution in [-0.4, -0.2) is 9.55 Å². The Labute approximate surface area is 166 Å². The lowest BCUT2D eigenvalue weighted by Gasteiger charge is -2.09. The van der Waals surface area contributed by atoms with Crippen molar-refractivity contribution in [2.75, 3.05) is 0 Å². The van der Waals surface area contributed by atoms with E-state index in [0.29, 0.717) is 22.2 Å². The fourth-order valence-electron chi connectivity index (χ4n) is 2.98. The molecule has 0 amide bonds. The minimum atomic E-state index is -0.534. The van der Waals surface area contributed by atoms with Gasteiger partial charge in [-0.1, -0.05) is 47.7 Å². The minimum absolute atomic E-state index is 0.277. The molecule has 0 atom stereocenters. The van der Waals surface area contributed by atoms with E-state index in [1.807, 2.05) is 43.3 Å². The van der Waals surface area contributed by atoms with Crippen LogP contribution in [0.1, 0.15) is 16.7 Å². The highest BCUT2D eigenvalue weighted by molar-refractivity contribution is 6.32. The third-order valence-electron chi connectivity index (χ3n) is 4.37. The summed E-state index contributed by atoms with van der Waals surface area (Å²) in [6.07, 6.45) is 0. The van der Waals surface area contributed by atoms with Gasteiger partial charge >= 0.3 is 5.69 Å². The highest BCUT2D eigenvalue weighted by atomic mass is 35.5. The summed E-state index contributed by atoms with van der Waals surface area (Å²) in [6, 6.07) is 19.9. The van der Waals surface area contributed by atoms with Crippen molar-refractivity contribution in [3.63, 3.8) is 0 Å². The Balaban J connectivity index is 1.81. The van der Waals surface area contributed by atoms with Gasteiger partial charge in [-0.25, -0.2) is 9.36 Å². The molecule has 0 aliphatic carbocycles. The summed E-state index contributed by atoms with van der Waals surface area (Å²) in [5.74, 6) is 6.09. The lowest BCUT2D eigenvalue weighted by atomic mass is 10.1. The maximum atomic E-state index is 12.9. The molecule has 0 unspecified atom stereocenters. The Morgan fingerprint density at radius 3 is 2.39 bits per heavy atom. The summed E-state index contributed by atoms with van der Waals surface area (Å²) in [4.78, 5) is 28.1. The Kier molecular flexibility index (Phi) is 4.60. The molecule has 4 rings (SSSR count). The number of rotatable bonds is 1. The molecule has 0 aliphatic rings. The minimum Gasteiger partial charge on any atom is -0.306 e. The molecular weight excluding hydrogens is 372 g/mol. The number of nitrogens with one attached hydrogen (secondary N) is 1. The van der Waals surface area contributed by atoms with Gasteiger partial charge in [0.05, 0.1) is 21.6 Å². The molecule has 0 aliphatic heterocycles. The Hall–Kier alpha value is -3.55. The molecule has 28 heavy (non-hydrogen) atoms. The van der Waals surface area contributed by atoms with E-state index in [4.69, 9.17) is 11.6 Å². The number of H-pyrrole nitrogens is 1. The average molecular weight is 387 g/mol. The quantitative estimate of drug-likeness (QED) is 0.502. The van der Waals surface area contributed by atoms with Gasteiger partial charge in [0.15, 0.2) is 0 Å². The van der Waals surface area contributed by atoms with Crippen LogP contribution in [0, 0.1) is 18.8 Å². The van der Waals surface area contributed by atoms with Crippen molar-refractivity contribution >= 4 is 22.5 Å². The van der Waals surface area contributed by atoms with Crippen LogP contribution in [0.4, 0.5) is 0 Å². The summed E-state index contributed by atoms with van der Waals surface area (Å²) >= 11 is 6.39. The first kappa shape index (κ1) is 17.8. The molecule has 0 saturated heterocycles. The van der Waals surface area contributed by atoms with Crippen LogP contribution in [0.25, 0.3) is 16.6 Å². The first-order valence-corrected chi connectivity index (χ1v) is 9.03. The number of aromatic nitrogens is 2. The van der Waals surface area contributed by atoms with Crippen LogP contribution < -0.4 is 11.2 Å². The fraction of sp³-hybridized carbons (Fsp3) is 0.0435. The molecule has 136 valence electrons. The van der Waals surface area contributed by atoms with E-state index in [1.165, 1.54) is 0 Å². The van der Waals surface area contributed by atoms with Crippen LogP contribution in [0.15, 0.2) is 76.3 Å². The van der Waals surface area contributed by atoms with E-state index in [1.54, 1.807) is 30.3 Å². The number of fused-ring (bicyclic) bond motifs is 1. The topological polar surface area (TPSA) is 54.9 Å². The highest BCUT2D eigenvalue weighted by Crippen LogP contribution is 2.20. The van der Waals surface area contributed by atoms with Crippen LogP contribution in [0.2, 0.25) is 5.02 Å². The van der Waals surface area contributed by atoms with Crippen molar-refractivity contribution in [1.82, 2.24) is 9.55 Å². The van der Waals surface area contributed by atoms with Gasteiger partial charge in [0, 0.05) is 11.1 Å². The summed E-state index contributed by atoms with van der Waals surface area (Å²) in [5, 5.41) is 0.702. The van der Waals surface area contributed by atoms with Crippen LogP contribution in [0.5, 0.6) is 0 Å². The maximum absolute atomic E-state index is 12.9. The number of aromatic amines is 1. The first-order valence-electron chi connectivity index (χ1n) is 8.65. The highest BCUT2D eigenvalue weighted by Gasteiger charge is 2.12. The van der Waals surface area contributed by atoms with Crippen molar-refractivity contribution in [2.45, 2.75) is 6.92 Å². The molecule has 5 heteroatoms. The molecule has 1 heterocycles. The van der Waals surface area contributed by atoms with Crippen molar-refractivity contribution in [1.29, 1.82) is 0 Å². The smallest absolute Gasteiger partial charge is 0.306 e. The normalized spacial score (nSPS) is 10.5. The van der Waals surface area contributed by atoms with Crippen molar-refractivity contribution < 1.29 is 0 Å². The molecule has 1 N–H and O–H groups in total. The Morgan fingerprint density at radius 1 is 0.893 bits per heavy atom. The van der Waals surface area contributed by atoms with E-state index in [0.717, 1.165) is 15.7 Å². The van der Waals surface area contributed by atoms with Crippen molar-refractivity contribution in [2.24, 2.45) is 0 Å². The zero-order valence-electron chi connectivity index (χ0n) is 15.0. The summed E-state index contributed by atoms with van der Waals surface area (Å²) < 4.78 is 1.05. The number of aryl methyl sites for hydroxylation is 1. The molecule has 0 bridgehead atoms. The average Bonchev–Trinajstić information content (AvgIpc) is 2.68. The predicted molar refractivity (Wildman–Crippen MR) is 112 cm³/mol. The van der Waals surface area contributed by atoms with Gasteiger partial charge < -0.3 is 4.98 Å². The fourth-order valence-corrected chi connectivity index (χ4v) is 3.25. The molecule has 1 aromatic heterocycles. The van der Waals surface area contributed by atoms with E-state index in [-0.39, 0.29) is 5.02 Å². The largest absolute Gasteiger partial charge is 0.333 e. The molecule has 4 aromatic rings. The molecule has 0 saturated carbocycles. The molecular formula is C23H15ClN2O2. The summed E-state index contributed by atoms with van der Waals surface area (Å²) in [7, 11) is 0. The number of hydrogen-bond donors (Lipinski definition) is 1. The lowest BCUT2D eigenvalue weighted by molar-refractivity contribution is 0.901. The van der Waals surface area contributed by atoms with E-state index >= 15 is 0 Å². The van der Waals surface area contributed by atoms with Crippen molar-refractivity contribution in [3.8, 4) is 17.5 Å². The first-order chi connectivity index (χ1) is 13.5. The molecule has 0 spiro atoms. The molecule has 0 radical (unpaired) electrons. The van der Waals surface area contributed by atoms with Gasteiger partial charge in [-0.2, -0.15) is 0 Å². The second kappa shape index (κ2) is 7.22. The van der Waals surface area contributed by atoms with E-state index < -0.39 is 11.2 Å². The van der Waals surface area contributed by atoms with Crippen LogP contribution >= 0.6 is 11.6 Å². The van der Waals surface area contributed by atoms with Crippen LogP contribution in [0.3, 0.4) is 0 Å². The number of hydrogen-bond acceptors (Lipinski definition) is 2. The Bertz CT molecular complexity index is 1370. The summed E-state index contributed by atoms with van der Waals surface area (Å²) in [6.45, 7) is 1.90. The monoisotopic (exact) mass is 386 g/mol.